The molecule has 0 aromatic carbocycles. The SMILES string of the molecule is CC[C@H](CO)N(C)CCC12OC3(CCN(C)[C@H](CC)CO)C4C5CC(C6C5C3C61)C42. The lowest BCUT2D eigenvalue weighted by Crippen LogP contribution is -2.53. The van der Waals surface area contributed by atoms with Crippen molar-refractivity contribution in [1.82, 2.24) is 9.80 Å². The zero-order valence-corrected chi connectivity index (χ0v) is 19.3. The summed E-state index contributed by atoms with van der Waals surface area (Å²) in [6, 6.07) is 0.559. The van der Waals surface area contributed by atoms with Gasteiger partial charge in [0, 0.05) is 25.2 Å². The fraction of sp³-hybridized carbons (Fsp3) is 1.00. The summed E-state index contributed by atoms with van der Waals surface area (Å²) in [6.45, 7) is 6.98. The van der Waals surface area contributed by atoms with Gasteiger partial charge < -0.3 is 24.7 Å². The van der Waals surface area contributed by atoms with Gasteiger partial charge in [-0.3, -0.25) is 0 Å². The molecular weight excluding hydrogens is 376 g/mol. The first-order chi connectivity index (χ1) is 14.5. The van der Waals surface area contributed by atoms with Gasteiger partial charge >= 0.3 is 0 Å². The Morgan fingerprint density at radius 1 is 0.800 bits per heavy atom. The maximum Gasteiger partial charge on any atom is 0.0771 e. The van der Waals surface area contributed by atoms with Crippen molar-refractivity contribution >= 4 is 0 Å². The minimum atomic E-state index is 0.147. The average molecular weight is 419 g/mol. The predicted molar refractivity (Wildman–Crippen MR) is 116 cm³/mol. The summed E-state index contributed by atoms with van der Waals surface area (Å²) in [5.74, 6) is 7.17. The van der Waals surface area contributed by atoms with Crippen LogP contribution in [0.15, 0.2) is 0 Å². The third-order valence-electron chi connectivity index (χ3n) is 11.5. The molecule has 7 aliphatic rings. The molecule has 10 unspecified atom stereocenters. The summed E-state index contributed by atoms with van der Waals surface area (Å²) >= 11 is 0. The Hall–Kier alpha value is -0.200. The Morgan fingerprint density at radius 2 is 1.23 bits per heavy atom. The molecule has 0 spiro atoms. The third kappa shape index (κ3) is 2.09. The van der Waals surface area contributed by atoms with E-state index in [0.29, 0.717) is 0 Å². The highest BCUT2D eigenvalue weighted by atomic mass is 16.5. The van der Waals surface area contributed by atoms with Crippen LogP contribution < -0.4 is 0 Å². The lowest BCUT2D eigenvalue weighted by Gasteiger charge is -2.48. The monoisotopic (exact) mass is 418 g/mol. The fourth-order valence-electron chi connectivity index (χ4n) is 10.5. The molecule has 5 aliphatic carbocycles. The van der Waals surface area contributed by atoms with E-state index in [1.807, 2.05) is 0 Å². The summed E-state index contributed by atoms with van der Waals surface area (Å²) in [4.78, 5) is 4.77. The molecule has 30 heavy (non-hydrogen) atoms. The Labute approximate surface area is 182 Å². The molecule has 0 aromatic heterocycles. The van der Waals surface area contributed by atoms with Gasteiger partial charge in [-0.25, -0.2) is 0 Å². The van der Waals surface area contributed by atoms with Crippen LogP contribution in [0.5, 0.6) is 0 Å². The van der Waals surface area contributed by atoms with Gasteiger partial charge in [-0.1, -0.05) is 13.8 Å². The largest absolute Gasteiger partial charge is 0.395 e. The van der Waals surface area contributed by atoms with Crippen molar-refractivity contribution in [1.29, 1.82) is 0 Å². The van der Waals surface area contributed by atoms with Crippen LogP contribution in [0.4, 0.5) is 0 Å². The number of rotatable bonds is 12. The minimum Gasteiger partial charge on any atom is -0.395 e. The van der Waals surface area contributed by atoms with Crippen LogP contribution in [-0.4, -0.2) is 83.7 Å². The van der Waals surface area contributed by atoms with Crippen molar-refractivity contribution in [3.63, 3.8) is 0 Å². The zero-order valence-electron chi connectivity index (χ0n) is 19.3. The van der Waals surface area contributed by atoms with Crippen LogP contribution >= 0.6 is 0 Å². The van der Waals surface area contributed by atoms with E-state index in [1.54, 1.807) is 0 Å². The number of ether oxygens (including phenoxy) is 1. The molecule has 7 fully saturated rings. The molecule has 170 valence electrons. The van der Waals surface area contributed by atoms with E-state index >= 15 is 0 Å². The predicted octanol–water partition coefficient (Wildman–Crippen LogP) is 2.07. The van der Waals surface area contributed by atoms with Crippen LogP contribution in [0.2, 0.25) is 0 Å². The first-order valence-electron chi connectivity index (χ1n) is 12.8. The third-order valence-corrected chi connectivity index (χ3v) is 11.5. The molecule has 2 aliphatic heterocycles. The van der Waals surface area contributed by atoms with Gasteiger partial charge in [0.25, 0.3) is 0 Å². The van der Waals surface area contributed by atoms with Crippen molar-refractivity contribution < 1.29 is 14.9 Å². The van der Waals surface area contributed by atoms with Crippen LogP contribution in [0.3, 0.4) is 0 Å². The van der Waals surface area contributed by atoms with E-state index < -0.39 is 0 Å². The standard InChI is InChI=1S/C25H42N2O3/c1-5-14(12-28)26(3)9-7-24-20-16-11-17-19-18(16)22(24)23(19)25(30-24,21(17)20)8-10-27(4)15(6-2)13-29/h14-23,28-29H,5-13H2,1-4H3/t14-,15-,16?,17?,18?,19?,20?,21?,22?,23?,24?,25?/m1/s1. The van der Waals surface area contributed by atoms with Crippen molar-refractivity contribution in [3.05, 3.63) is 0 Å². The lowest BCUT2D eigenvalue weighted by atomic mass is 9.54. The summed E-state index contributed by atoms with van der Waals surface area (Å²) in [6.07, 6.45) is 5.85. The molecule has 7 rings (SSSR count). The first-order valence-corrected chi connectivity index (χ1v) is 12.8. The quantitative estimate of drug-likeness (QED) is 0.508. The fourth-order valence-corrected chi connectivity index (χ4v) is 10.5. The lowest BCUT2D eigenvalue weighted by molar-refractivity contribution is -0.0866. The van der Waals surface area contributed by atoms with Gasteiger partial charge in [0.05, 0.1) is 24.4 Å². The maximum atomic E-state index is 9.73. The van der Waals surface area contributed by atoms with Gasteiger partial charge in [-0.05, 0) is 93.5 Å². The van der Waals surface area contributed by atoms with E-state index in [0.717, 1.165) is 73.3 Å². The topological polar surface area (TPSA) is 56.2 Å². The Bertz CT molecular complexity index is 636. The van der Waals surface area contributed by atoms with E-state index in [-0.39, 0.29) is 36.5 Å². The highest BCUT2D eigenvalue weighted by Gasteiger charge is 2.96. The second-order valence-corrected chi connectivity index (χ2v) is 11.8. The van der Waals surface area contributed by atoms with Crippen molar-refractivity contribution in [3.8, 4) is 0 Å². The molecule has 0 aromatic rings. The molecule has 5 saturated carbocycles. The second kappa shape index (κ2) is 6.66. The minimum absolute atomic E-state index is 0.147. The van der Waals surface area contributed by atoms with Crippen LogP contribution in [0.25, 0.3) is 0 Å². The van der Waals surface area contributed by atoms with Crippen LogP contribution in [0.1, 0.15) is 46.0 Å². The van der Waals surface area contributed by atoms with E-state index in [1.165, 1.54) is 19.3 Å². The summed E-state index contributed by atoms with van der Waals surface area (Å²) in [7, 11) is 4.38. The van der Waals surface area contributed by atoms with Gasteiger partial charge in [0.1, 0.15) is 0 Å². The van der Waals surface area contributed by atoms with Crippen molar-refractivity contribution in [2.45, 2.75) is 69.2 Å². The number of hydrogen-bond acceptors (Lipinski definition) is 5. The number of aliphatic hydroxyl groups excluding tert-OH is 2. The number of aliphatic hydroxyl groups is 2. The Morgan fingerprint density at radius 3 is 1.60 bits per heavy atom. The first kappa shape index (κ1) is 20.4. The molecule has 12 atom stereocenters. The normalized spacial score (nSPS) is 52.4. The van der Waals surface area contributed by atoms with E-state index in [4.69, 9.17) is 4.74 Å². The molecular formula is C25H42N2O3. The summed E-state index contributed by atoms with van der Waals surface area (Å²) in [5, 5.41) is 19.5. The molecule has 2 saturated heterocycles. The molecule has 5 nitrogen and oxygen atoms in total. The van der Waals surface area contributed by atoms with E-state index in [2.05, 4.69) is 37.7 Å². The van der Waals surface area contributed by atoms with Crippen molar-refractivity contribution in [2.75, 3.05) is 40.4 Å². The summed E-state index contributed by atoms with van der Waals surface area (Å²) < 4.78 is 7.36. The Balaban J connectivity index is 1.23. The van der Waals surface area contributed by atoms with E-state index in [9.17, 15) is 10.2 Å². The molecule has 0 radical (unpaired) electrons. The average Bonchev–Trinajstić information content (AvgIpc) is 3.39. The van der Waals surface area contributed by atoms with Crippen LogP contribution in [0, 0.1) is 47.3 Å². The number of nitrogens with zero attached hydrogens (tertiary/aromatic N) is 2. The van der Waals surface area contributed by atoms with Gasteiger partial charge in [0.2, 0.25) is 0 Å². The van der Waals surface area contributed by atoms with Gasteiger partial charge in [-0.15, -0.1) is 0 Å². The molecule has 5 heteroatoms. The van der Waals surface area contributed by atoms with Gasteiger partial charge in [0.15, 0.2) is 0 Å². The number of likely N-dealkylation sites (N-methyl/N-ethyl adjacent to an activating group) is 2. The van der Waals surface area contributed by atoms with Crippen molar-refractivity contribution in [2.24, 2.45) is 47.3 Å². The van der Waals surface area contributed by atoms with Gasteiger partial charge in [-0.2, -0.15) is 0 Å². The second-order valence-electron chi connectivity index (χ2n) is 11.8. The summed E-state index contributed by atoms with van der Waals surface area (Å²) in [5.41, 5.74) is 0.294. The van der Waals surface area contributed by atoms with Crippen LogP contribution in [-0.2, 0) is 4.74 Å². The Kier molecular flexibility index (Phi) is 4.53. The molecule has 2 heterocycles. The molecule has 2 N–H and O–H groups in total. The molecule has 0 amide bonds. The zero-order chi connectivity index (χ0) is 21.0. The number of hydrogen-bond donors (Lipinski definition) is 2. The maximum absolute atomic E-state index is 9.73. The highest BCUT2D eigenvalue weighted by Crippen LogP contribution is 2.93. The smallest absolute Gasteiger partial charge is 0.0771 e. The molecule has 4 bridgehead atoms. The highest BCUT2D eigenvalue weighted by molar-refractivity contribution is 5.43.